The summed E-state index contributed by atoms with van der Waals surface area (Å²) < 4.78 is 23.6. The number of benzene rings is 1. The second-order valence-electron chi connectivity index (χ2n) is 11.2. The van der Waals surface area contributed by atoms with Gasteiger partial charge in [0.2, 0.25) is 5.91 Å². The maximum Gasteiger partial charge on any atom is 0.351 e. The fraction of sp³-hybridized carbons (Fsp3) is 0.607. The highest BCUT2D eigenvalue weighted by molar-refractivity contribution is 7.45. The summed E-state index contributed by atoms with van der Waals surface area (Å²) in [5, 5.41) is 2.68. The topological polar surface area (TPSA) is 94.9 Å². The second kappa shape index (κ2) is 11.1. The van der Waals surface area contributed by atoms with E-state index in [9.17, 15) is 9.59 Å². The Bertz CT molecular complexity index is 1200. The molecule has 10 heteroatoms. The van der Waals surface area contributed by atoms with Crippen LogP contribution < -0.4 is 11.0 Å². The van der Waals surface area contributed by atoms with Gasteiger partial charge < -0.3 is 19.1 Å². The Balaban J connectivity index is 1.28. The first kappa shape index (κ1) is 27.4. The van der Waals surface area contributed by atoms with Crippen molar-refractivity contribution in [3.63, 3.8) is 0 Å². The molecule has 3 aliphatic rings. The molecule has 3 aliphatic heterocycles. The van der Waals surface area contributed by atoms with Crippen LogP contribution in [0.5, 0.6) is 0 Å². The first-order valence-corrected chi connectivity index (χ1v) is 14.8. The zero-order valence-electron chi connectivity index (χ0n) is 22.9. The minimum absolute atomic E-state index is 0.150. The van der Waals surface area contributed by atoms with Gasteiger partial charge in [-0.25, -0.2) is 9.46 Å². The van der Waals surface area contributed by atoms with E-state index < -0.39 is 20.4 Å². The van der Waals surface area contributed by atoms with Gasteiger partial charge in [0, 0.05) is 37.5 Å². The number of fused-ring (bicyclic) bond motifs is 1. The van der Waals surface area contributed by atoms with Gasteiger partial charge in [-0.1, -0.05) is 50.6 Å². The molecule has 1 unspecified atom stereocenters. The van der Waals surface area contributed by atoms with Crippen molar-refractivity contribution in [3.8, 4) is 0 Å². The average Bonchev–Trinajstić information content (AvgIpc) is 3.58. The standard InChI is InChI=1S/C28H39N4O5P/c1-6-21-22(16-25(35-21)31-15-13-24(30-27(31)34)29-26(33)18(2)3)36-38-32-14-7-8-23(32)28(5,37-38)17-20-11-9-19(4)10-12-20/h9-13,15,18,21-23,25H,6-8,14,16-17H2,1-5H3,(H,29,30,33,34)/t21-,22?,23+,25-,28-,38+/m1/s1. The summed E-state index contributed by atoms with van der Waals surface area (Å²) in [5.41, 5.74) is 1.76. The van der Waals surface area contributed by atoms with Gasteiger partial charge in [0.25, 0.3) is 8.53 Å². The average molecular weight is 543 g/mol. The van der Waals surface area contributed by atoms with Gasteiger partial charge in [0.15, 0.2) is 0 Å². The third-order valence-electron chi connectivity index (χ3n) is 7.83. The highest BCUT2D eigenvalue weighted by Gasteiger charge is 2.55. The molecule has 0 saturated carbocycles. The molecule has 2 aromatic rings. The summed E-state index contributed by atoms with van der Waals surface area (Å²) >= 11 is 0. The molecule has 1 aromatic heterocycles. The Morgan fingerprint density at radius 3 is 2.74 bits per heavy atom. The number of anilines is 1. The van der Waals surface area contributed by atoms with E-state index in [1.54, 1.807) is 26.1 Å². The molecule has 206 valence electrons. The maximum absolute atomic E-state index is 12.8. The van der Waals surface area contributed by atoms with E-state index in [-0.39, 0.29) is 35.5 Å². The summed E-state index contributed by atoms with van der Waals surface area (Å²) in [7, 11) is -1.23. The largest absolute Gasteiger partial charge is 0.352 e. The van der Waals surface area contributed by atoms with Crippen molar-refractivity contribution >= 4 is 20.3 Å². The van der Waals surface area contributed by atoms with Gasteiger partial charge in [-0.05, 0) is 44.7 Å². The fourth-order valence-electron chi connectivity index (χ4n) is 5.64. The number of carbonyl (C=O) groups excluding carboxylic acids is 1. The zero-order chi connectivity index (χ0) is 27.0. The Hall–Kier alpha value is -2.16. The molecule has 1 aromatic carbocycles. The van der Waals surface area contributed by atoms with Gasteiger partial charge in [-0.3, -0.25) is 9.36 Å². The summed E-state index contributed by atoms with van der Waals surface area (Å²) in [6.45, 7) is 10.9. The van der Waals surface area contributed by atoms with Crippen molar-refractivity contribution in [1.29, 1.82) is 0 Å². The highest BCUT2D eigenvalue weighted by atomic mass is 31.2. The van der Waals surface area contributed by atoms with Crippen LogP contribution in [0.25, 0.3) is 0 Å². The predicted octanol–water partition coefficient (Wildman–Crippen LogP) is 4.95. The molecule has 38 heavy (non-hydrogen) atoms. The van der Waals surface area contributed by atoms with Crippen molar-refractivity contribution in [3.05, 3.63) is 58.1 Å². The lowest BCUT2D eigenvalue weighted by Crippen LogP contribution is -2.41. The van der Waals surface area contributed by atoms with Crippen LogP contribution in [0.3, 0.4) is 0 Å². The van der Waals surface area contributed by atoms with Crippen LogP contribution in [-0.4, -0.2) is 50.5 Å². The number of hydrogen-bond donors (Lipinski definition) is 1. The van der Waals surface area contributed by atoms with Gasteiger partial charge in [-0.2, -0.15) is 4.98 Å². The third kappa shape index (κ3) is 5.58. The molecular formula is C28H39N4O5P. The molecule has 5 rings (SSSR count). The molecule has 6 atom stereocenters. The lowest BCUT2D eigenvalue weighted by Gasteiger charge is -2.28. The number of carbonyl (C=O) groups is 1. The minimum atomic E-state index is -1.23. The zero-order valence-corrected chi connectivity index (χ0v) is 23.8. The van der Waals surface area contributed by atoms with E-state index in [1.165, 1.54) is 15.7 Å². The van der Waals surface area contributed by atoms with E-state index in [4.69, 9.17) is 13.8 Å². The molecular weight excluding hydrogens is 503 g/mol. The molecule has 4 heterocycles. The van der Waals surface area contributed by atoms with Crippen LogP contribution in [0.4, 0.5) is 5.82 Å². The summed E-state index contributed by atoms with van der Waals surface area (Å²) in [4.78, 5) is 28.8. The third-order valence-corrected chi connectivity index (χ3v) is 9.75. The van der Waals surface area contributed by atoms with Crippen molar-refractivity contribution in [2.24, 2.45) is 5.92 Å². The van der Waals surface area contributed by atoms with Gasteiger partial charge in [0.1, 0.15) is 12.0 Å². The number of aromatic nitrogens is 2. The van der Waals surface area contributed by atoms with Gasteiger partial charge in [-0.15, -0.1) is 0 Å². The first-order chi connectivity index (χ1) is 18.2. The van der Waals surface area contributed by atoms with Crippen LogP contribution in [0, 0.1) is 12.8 Å². The molecule has 1 N–H and O–H groups in total. The minimum Gasteiger partial charge on any atom is -0.352 e. The molecule has 0 radical (unpaired) electrons. The van der Waals surface area contributed by atoms with Crippen LogP contribution in [0.1, 0.15) is 70.7 Å². The SMILES string of the molecule is CC[C@H]1O[C@@H](n2ccc(NC(=O)C(C)C)nc2=O)CC1O[P@@]1O[C@](C)(Cc2ccc(C)cc2)[C@@H]2CCCN21. The van der Waals surface area contributed by atoms with Crippen LogP contribution in [0.15, 0.2) is 41.3 Å². The number of ether oxygens (including phenoxy) is 1. The lowest BCUT2D eigenvalue weighted by atomic mass is 9.88. The van der Waals surface area contributed by atoms with Crippen molar-refractivity contribution in [2.75, 3.05) is 11.9 Å². The van der Waals surface area contributed by atoms with E-state index in [0.29, 0.717) is 12.5 Å². The van der Waals surface area contributed by atoms with Crippen LogP contribution in [-0.2, 0) is 25.0 Å². The number of nitrogens with one attached hydrogen (secondary N) is 1. The highest BCUT2D eigenvalue weighted by Crippen LogP contribution is 2.61. The second-order valence-corrected chi connectivity index (χ2v) is 12.6. The number of rotatable bonds is 8. The van der Waals surface area contributed by atoms with Crippen molar-refractivity contribution < 1.29 is 18.6 Å². The van der Waals surface area contributed by atoms with Gasteiger partial charge >= 0.3 is 5.69 Å². The van der Waals surface area contributed by atoms with Gasteiger partial charge in [0.05, 0.1) is 17.8 Å². The number of amides is 1. The predicted molar refractivity (Wildman–Crippen MR) is 147 cm³/mol. The first-order valence-electron chi connectivity index (χ1n) is 13.7. The van der Waals surface area contributed by atoms with Crippen molar-refractivity contribution in [2.45, 2.75) is 96.8 Å². The van der Waals surface area contributed by atoms with Crippen LogP contribution in [0.2, 0.25) is 0 Å². The number of hydrogen-bond acceptors (Lipinski definition) is 7. The number of nitrogens with zero attached hydrogens (tertiary/aromatic N) is 3. The van der Waals surface area contributed by atoms with E-state index in [2.05, 4.69) is 60.0 Å². The normalized spacial score (nSPS) is 31.2. The molecule has 0 bridgehead atoms. The maximum atomic E-state index is 12.8. The Morgan fingerprint density at radius 1 is 1.29 bits per heavy atom. The molecule has 3 fully saturated rings. The van der Waals surface area contributed by atoms with E-state index in [0.717, 1.165) is 32.2 Å². The number of aryl methyl sites for hydroxylation is 1. The molecule has 0 aliphatic carbocycles. The smallest absolute Gasteiger partial charge is 0.351 e. The molecule has 0 spiro atoms. The Kier molecular flexibility index (Phi) is 8.04. The quantitative estimate of drug-likeness (QED) is 0.472. The van der Waals surface area contributed by atoms with E-state index in [1.807, 2.05) is 0 Å². The molecule has 1 amide bonds. The lowest BCUT2D eigenvalue weighted by molar-refractivity contribution is -0.118. The summed E-state index contributed by atoms with van der Waals surface area (Å²) in [6.07, 6.45) is 5.20. The molecule has 9 nitrogen and oxygen atoms in total. The van der Waals surface area contributed by atoms with E-state index >= 15 is 0 Å². The Labute approximate surface area is 225 Å². The molecule has 3 saturated heterocycles. The fourth-order valence-corrected chi connectivity index (χ4v) is 7.79. The Morgan fingerprint density at radius 2 is 2.05 bits per heavy atom. The summed E-state index contributed by atoms with van der Waals surface area (Å²) in [5.74, 6) is -0.132. The van der Waals surface area contributed by atoms with Crippen LogP contribution >= 0.6 is 8.53 Å². The summed E-state index contributed by atoms with van der Waals surface area (Å²) in [6, 6.07) is 10.7. The monoisotopic (exact) mass is 542 g/mol. The van der Waals surface area contributed by atoms with Crippen molar-refractivity contribution in [1.82, 2.24) is 14.2 Å².